The van der Waals surface area contributed by atoms with Crippen LogP contribution in [0.3, 0.4) is 0 Å². The lowest BCUT2D eigenvalue weighted by atomic mass is 9.75. The van der Waals surface area contributed by atoms with E-state index >= 15 is 0 Å². The van der Waals surface area contributed by atoms with Crippen LogP contribution in [0.5, 0.6) is 0 Å². The van der Waals surface area contributed by atoms with Crippen LogP contribution in [0.2, 0.25) is 0 Å². The van der Waals surface area contributed by atoms with Crippen molar-refractivity contribution in [1.82, 2.24) is 5.32 Å². The molecule has 1 aromatic rings. The molecule has 2 fully saturated rings. The summed E-state index contributed by atoms with van der Waals surface area (Å²) in [6, 6.07) is 10.6. The molecular formula is C20H27N3O2S. The molecule has 3 unspecified atom stereocenters. The Hall–Kier alpha value is -1.71. The Labute approximate surface area is 161 Å². The summed E-state index contributed by atoms with van der Waals surface area (Å²) in [6.07, 6.45) is 4.09. The Bertz CT molecular complexity index is 637. The highest BCUT2D eigenvalue weighted by Crippen LogP contribution is 2.42. The van der Waals surface area contributed by atoms with Crippen LogP contribution in [-0.2, 0) is 9.53 Å². The molecule has 1 aliphatic heterocycles. The summed E-state index contributed by atoms with van der Waals surface area (Å²) in [6.45, 7) is 3.48. The number of nitrogens with zero attached hydrogens (tertiary/aromatic N) is 2. The van der Waals surface area contributed by atoms with Crippen LogP contribution in [0.15, 0.2) is 24.3 Å². The fourth-order valence-corrected chi connectivity index (χ4v) is 4.60. The molecule has 0 spiro atoms. The van der Waals surface area contributed by atoms with E-state index < -0.39 is 0 Å². The van der Waals surface area contributed by atoms with Gasteiger partial charge in [-0.05, 0) is 36.5 Å². The molecule has 1 saturated heterocycles. The average molecular weight is 374 g/mol. The third-order valence-corrected chi connectivity index (χ3v) is 6.20. The van der Waals surface area contributed by atoms with E-state index in [0.29, 0.717) is 0 Å². The molecule has 2 aliphatic rings. The van der Waals surface area contributed by atoms with Gasteiger partial charge in [-0.3, -0.25) is 4.79 Å². The van der Waals surface area contributed by atoms with Gasteiger partial charge in [-0.2, -0.15) is 17.9 Å². The van der Waals surface area contributed by atoms with Crippen molar-refractivity contribution >= 4 is 24.2 Å². The van der Waals surface area contributed by atoms with Gasteiger partial charge in [0.25, 0.3) is 0 Å². The van der Waals surface area contributed by atoms with Gasteiger partial charge in [0, 0.05) is 29.9 Å². The lowest BCUT2D eigenvalue weighted by molar-refractivity contribution is -0.127. The van der Waals surface area contributed by atoms with Crippen LogP contribution in [0, 0.1) is 23.2 Å². The first-order valence-corrected chi connectivity index (χ1v) is 9.97. The molecule has 3 atom stereocenters. The molecule has 3 rings (SSSR count). The third-order valence-electron chi connectivity index (χ3n) is 5.51. The zero-order valence-corrected chi connectivity index (χ0v) is 16.0. The molecule has 1 heterocycles. The Morgan fingerprint density at radius 2 is 1.96 bits per heavy atom. The highest BCUT2D eigenvalue weighted by atomic mass is 32.1. The van der Waals surface area contributed by atoms with E-state index in [1.165, 1.54) is 5.69 Å². The van der Waals surface area contributed by atoms with E-state index in [-0.39, 0.29) is 29.5 Å². The van der Waals surface area contributed by atoms with Gasteiger partial charge in [0.1, 0.15) is 6.54 Å². The van der Waals surface area contributed by atoms with Gasteiger partial charge < -0.3 is 15.0 Å². The second-order valence-corrected chi connectivity index (χ2v) is 7.62. The zero-order valence-electron chi connectivity index (χ0n) is 15.1. The van der Waals surface area contributed by atoms with Gasteiger partial charge in [0.05, 0.1) is 19.3 Å². The number of nitriles is 1. The van der Waals surface area contributed by atoms with Crippen molar-refractivity contribution in [2.75, 3.05) is 37.7 Å². The largest absolute Gasteiger partial charge is 0.378 e. The first-order chi connectivity index (χ1) is 12.7. The molecule has 1 aliphatic carbocycles. The number of carbonyl (C=O) groups is 1. The highest BCUT2D eigenvalue weighted by molar-refractivity contribution is 7.80. The minimum Gasteiger partial charge on any atom is -0.378 e. The number of amides is 1. The lowest BCUT2D eigenvalue weighted by Crippen LogP contribution is -2.38. The van der Waals surface area contributed by atoms with Crippen molar-refractivity contribution in [3.05, 3.63) is 29.8 Å². The molecule has 0 radical (unpaired) electrons. The fraction of sp³-hybridized carbons (Fsp3) is 0.600. The summed E-state index contributed by atoms with van der Waals surface area (Å²) in [5, 5.41) is 11.5. The summed E-state index contributed by atoms with van der Waals surface area (Å²) < 4.78 is 5.41. The Balaban J connectivity index is 1.68. The van der Waals surface area contributed by atoms with Crippen LogP contribution >= 0.6 is 12.6 Å². The summed E-state index contributed by atoms with van der Waals surface area (Å²) in [4.78, 5) is 14.8. The lowest BCUT2D eigenvalue weighted by Gasteiger charge is -2.34. The molecule has 1 N–H and O–H groups in total. The topological polar surface area (TPSA) is 65.4 Å². The summed E-state index contributed by atoms with van der Waals surface area (Å²) in [7, 11) is 0. The molecule has 0 aromatic heterocycles. The van der Waals surface area contributed by atoms with E-state index in [1.807, 2.05) is 6.07 Å². The second kappa shape index (κ2) is 9.29. The van der Waals surface area contributed by atoms with Gasteiger partial charge >= 0.3 is 0 Å². The molecule has 26 heavy (non-hydrogen) atoms. The molecule has 140 valence electrons. The summed E-state index contributed by atoms with van der Waals surface area (Å²) in [5.41, 5.74) is 2.37. The number of carbonyl (C=O) groups excluding carboxylic acids is 1. The smallest absolute Gasteiger partial charge is 0.224 e. The number of anilines is 1. The van der Waals surface area contributed by atoms with Crippen LogP contribution in [0.4, 0.5) is 5.69 Å². The molecule has 5 nitrogen and oxygen atoms in total. The average Bonchev–Trinajstić information content (AvgIpc) is 2.72. The first kappa shape index (κ1) is 19.1. The van der Waals surface area contributed by atoms with Crippen LogP contribution in [0.25, 0.3) is 0 Å². The van der Waals surface area contributed by atoms with E-state index in [2.05, 4.69) is 34.5 Å². The van der Waals surface area contributed by atoms with E-state index in [9.17, 15) is 4.79 Å². The summed E-state index contributed by atoms with van der Waals surface area (Å²) in [5.74, 6) is 0.152. The van der Waals surface area contributed by atoms with Crippen molar-refractivity contribution in [2.45, 2.75) is 30.9 Å². The zero-order chi connectivity index (χ0) is 18.4. The Morgan fingerprint density at radius 1 is 1.27 bits per heavy atom. The number of ether oxygens (including phenoxy) is 1. The molecule has 1 amide bonds. The van der Waals surface area contributed by atoms with Gasteiger partial charge in [0.2, 0.25) is 5.91 Å². The molecule has 6 heteroatoms. The fourth-order valence-electron chi connectivity index (χ4n) is 4.07. The van der Waals surface area contributed by atoms with E-state index in [0.717, 1.165) is 57.6 Å². The van der Waals surface area contributed by atoms with Crippen LogP contribution in [0.1, 0.15) is 36.5 Å². The predicted octanol–water partition coefficient (Wildman–Crippen LogP) is 2.94. The first-order valence-electron chi connectivity index (χ1n) is 9.46. The monoisotopic (exact) mass is 373 g/mol. The number of thiol groups is 1. The van der Waals surface area contributed by atoms with Crippen LogP contribution < -0.4 is 10.2 Å². The maximum atomic E-state index is 12.4. The maximum absolute atomic E-state index is 12.4. The Kier molecular flexibility index (Phi) is 6.81. The van der Waals surface area contributed by atoms with E-state index in [4.69, 9.17) is 22.6 Å². The van der Waals surface area contributed by atoms with Crippen molar-refractivity contribution in [2.24, 2.45) is 11.8 Å². The number of hydrogen-bond donors (Lipinski definition) is 2. The quantitative estimate of drug-likeness (QED) is 0.615. The predicted molar refractivity (Wildman–Crippen MR) is 105 cm³/mol. The second-order valence-electron chi connectivity index (χ2n) is 7.07. The van der Waals surface area contributed by atoms with Gasteiger partial charge in [0.15, 0.2) is 0 Å². The normalized spacial score (nSPS) is 24.5. The maximum Gasteiger partial charge on any atom is 0.224 e. The van der Waals surface area contributed by atoms with Crippen molar-refractivity contribution in [1.29, 1.82) is 5.26 Å². The molecule has 1 saturated carbocycles. The molecule has 1 aromatic carbocycles. The Morgan fingerprint density at radius 3 is 2.65 bits per heavy atom. The van der Waals surface area contributed by atoms with Gasteiger partial charge in [-0.15, -0.1) is 0 Å². The number of benzene rings is 1. The van der Waals surface area contributed by atoms with Crippen molar-refractivity contribution < 1.29 is 9.53 Å². The third kappa shape index (κ3) is 4.52. The molecule has 0 bridgehead atoms. The number of morpholine rings is 1. The van der Waals surface area contributed by atoms with Crippen LogP contribution in [-0.4, -0.2) is 38.8 Å². The number of nitrogens with one attached hydrogen (secondary N) is 1. The van der Waals surface area contributed by atoms with E-state index in [1.54, 1.807) is 0 Å². The van der Waals surface area contributed by atoms with Crippen molar-refractivity contribution in [3.63, 3.8) is 0 Å². The molecular weight excluding hydrogens is 346 g/mol. The minimum atomic E-state index is -0.0569. The van der Waals surface area contributed by atoms with Gasteiger partial charge in [-0.25, -0.2) is 0 Å². The number of hydrogen-bond acceptors (Lipinski definition) is 5. The minimum absolute atomic E-state index is 0.000219. The van der Waals surface area contributed by atoms with Crippen molar-refractivity contribution in [3.8, 4) is 6.07 Å². The summed E-state index contributed by atoms with van der Waals surface area (Å²) >= 11 is 4.89. The number of rotatable bonds is 5. The van der Waals surface area contributed by atoms with Gasteiger partial charge in [-0.1, -0.05) is 25.0 Å². The standard InChI is InChI=1S/C20H27N3O2S/c21-9-10-22-20(24)18-4-2-1-3-17(18)19(26)15-5-7-16(8-6-15)23-11-13-25-14-12-23/h5-8,17-19,26H,1-4,10-14H2,(H,22,24). The highest BCUT2D eigenvalue weighted by Gasteiger charge is 2.35. The SMILES string of the molecule is N#CCNC(=O)C1CCCCC1C(S)c1ccc(N2CCOCC2)cc1.